The van der Waals surface area contributed by atoms with Crippen molar-refractivity contribution in [3.8, 4) is 0 Å². The molecule has 1 heterocycles. The zero-order valence-corrected chi connectivity index (χ0v) is 9.46. The van der Waals surface area contributed by atoms with E-state index in [1.165, 1.54) is 6.20 Å². The monoisotopic (exact) mass is 249 g/mol. The molecule has 90 valence electrons. The summed E-state index contributed by atoms with van der Waals surface area (Å²) in [4.78, 5) is 11.1. The van der Waals surface area contributed by atoms with Crippen LogP contribution in [0.2, 0.25) is 0 Å². The van der Waals surface area contributed by atoms with Crippen molar-refractivity contribution in [2.75, 3.05) is 5.75 Å². The van der Waals surface area contributed by atoms with Gasteiger partial charge in [-0.15, -0.1) is 0 Å². The Morgan fingerprint density at radius 3 is 3.00 bits per heavy atom. The van der Waals surface area contributed by atoms with Crippen molar-refractivity contribution in [1.29, 1.82) is 0 Å². The lowest BCUT2D eigenvalue weighted by Gasteiger charge is -2.01. The van der Waals surface area contributed by atoms with E-state index < -0.39 is 13.0 Å². The van der Waals surface area contributed by atoms with E-state index in [1.54, 1.807) is 6.07 Å². The quantitative estimate of drug-likeness (QED) is 0.741. The fourth-order valence-corrected chi connectivity index (χ4v) is 1.32. The molecule has 1 aromatic rings. The number of carbonyl (C=O) groups excluding carboxylic acids is 1. The summed E-state index contributed by atoms with van der Waals surface area (Å²) in [6.45, 7) is -0.173. The predicted molar refractivity (Wildman–Crippen MR) is 58.5 cm³/mol. The largest absolute Gasteiger partial charge is 0.350 e. The molecule has 0 aromatic carbocycles. The average molecular weight is 249 g/mol. The van der Waals surface area contributed by atoms with Gasteiger partial charge in [0.05, 0.1) is 12.2 Å². The first-order chi connectivity index (χ1) is 7.61. The van der Waals surface area contributed by atoms with E-state index in [2.05, 4.69) is 23.0 Å². The first-order valence-corrected chi connectivity index (χ1v) is 5.43. The highest BCUT2D eigenvalue weighted by Gasteiger charge is 2.06. The van der Waals surface area contributed by atoms with Crippen LogP contribution in [0.1, 0.15) is 12.1 Å². The van der Waals surface area contributed by atoms with Crippen LogP contribution < -0.4 is 5.32 Å². The van der Waals surface area contributed by atoms with Crippen LogP contribution in [0.5, 0.6) is 0 Å². The molecule has 0 radical (unpaired) electrons. The summed E-state index contributed by atoms with van der Waals surface area (Å²) >= 11 is 3.92. The maximum Gasteiger partial charge on any atom is 0.257 e. The summed E-state index contributed by atoms with van der Waals surface area (Å²) in [7, 11) is 0. The van der Waals surface area contributed by atoms with E-state index in [-0.39, 0.29) is 12.5 Å². The number of nitrogens with zero attached hydrogens (tertiary/aromatic N) is 2. The summed E-state index contributed by atoms with van der Waals surface area (Å²) in [5.74, 6) is 0.351. The Morgan fingerprint density at radius 1 is 1.62 bits per heavy atom. The second-order valence-corrected chi connectivity index (χ2v) is 3.62. The van der Waals surface area contributed by atoms with Crippen LogP contribution >= 0.6 is 12.6 Å². The van der Waals surface area contributed by atoms with Crippen molar-refractivity contribution in [3.05, 3.63) is 18.0 Å². The van der Waals surface area contributed by atoms with Gasteiger partial charge in [-0.25, -0.2) is 8.78 Å². The molecule has 1 rings (SSSR count). The fourth-order valence-electron chi connectivity index (χ4n) is 1.12. The van der Waals surface area contributed by atoms with Gasteiger partial charge in [-0.1, -0.05) is 0 Å². The predicted octanol–water partition coefficient (Wildman–Crippen LogP) is 1.08. The molecule has 0 spiro atoms. The highest BCUT2D eigenvalue weighted by molar-refractivity contribution is 7.80. The number of carbonyl (C=O) groups is 1. The second kappa shape index (κ2) is 6.47. The highest BCUT2D eigenvalue weighted by atomic mass is 32.1. The molecule has 1 aromatic heterocycles. The Kier molecular flexibility index (Phi) is 5.24. The van der Waals surface area contributed by atoms with Gasteiger partial charge in [0.15, 0.2) is 0 Å². The molecular weight excluding hydrogens is 236 g/mol. The van der Waals surface area contributed by atoms with Crippen molar-refractivity contribution in [2.45, 2.75) is 25.9 Å². The standard InChI is InChI=1S/C9H13F2N3OS/c10-8(11)6-14-3-1-7(13-14)5-12-9(15)2-4-16/h1,3,8,16H,2,4-6H2,(H,12,15). The van der Waals surface area contributed by atoms with Crippen LogP contribution in [-0.4, -0.2) is 27.9 Å². The summed E-state index contributed by atoms with van der Waals surface area (Å²) in [6.07, 6.45) is -0.626. The van der Waals surface area contributed by atoms with E-state index >= 15 is 0 Å². The van der Waals surface area contributed by atoms with Crippen LogP contribution in [-0.2, 0) is 17.9 Å². The van der Waals surface area contributed by atoms with E-state index in [4.69, 9.17) is 0 Å². The molecule has 0 aliphatic heterocycles. The third-order valence-electron chi connectivity index (χ3n) is 1.83. The lowest BCUT2D eigenvalue weighted by Crippen LogP contribution is -2.23. The maximum atomic E-state index is 12.0. The zero-order chi connectivity index (χ0) is 12.0. The number of aromatic nitrogens is 2. The minimum absolute atomic E-state index is 0.126. The number of rotatable bonds is 6. The third kappa shape index (κ3) is 4.61. The van der Waals surface area contributed by atoms with Gasteiger partial charge in [-0.2, -0.15) is 17.7 Å². The van der Waals surface area contributed by atoms with Crippen LogP contribution in [0.3, 0.4) is 0 Å². The lowest BCUT2D eigenvalue weighted by atomic mass is 10.4. The normalized spacial score (nSPS) is 10.8. The Hall–Kier alpha value is -1.11. The SMILES string of the molecule is O=C(CCS)NCc1ccn(CC(F)F)n1. The molecular formula is C9H13F2N3OS. The molecule has 0 bridgehead atoms. The minimum Gasteiger partial charge on any atom is -0.350 e. The minimum atomic E-state index is -2.42. The summed E-state index contributed by atoms with van der Waals surface area (Å²) in [5, 5.41) is 6.50. The Balaban J connectivity index is 2.37. The van der Waals surface area contributed by atoms with E-state index in [1.807, 2.05) is 0 Å². The zero-order valence-electron chi connectivity index (χ0n) is 8.57. The number of hydrogen-bond donors (Lipinski definition) is 2. The third-order valence-corrected chi connectivity index (χ3v) is 2.05. The Labute approximate surface area is 97.4 Å². The van der Waals surface area contributed by atoms with E-state index in [9.17, 15) is 13.6 Å². The number of amides is 1. The van der Waals surface area contributed by atoms with E-state index in [0.717, 1.165) is 4.68 Å². The van der Waals surface area contributed by atoms with Crippen LogP contribution in [0.15, 0.2) is 12.3 Å². The van der Waals surface area contributed by atoms with Crippen molar-refractivity contribution in [2.24, 2.45) is 0 Å². The first-order valence-electron chi connectivity index (χ1n) is 4.80. The summed E-state index contributed by atoms with van der Waals surface area (Å²) < 4.78 is 25.2. The second-order valence-electron chi connectivity index (χ2n) is 3.17. The Morgan fingerprint density at radius 2 is 2.38 bits per heavy atom. The van der Waals surface area contributed by atoms with Crippen LogP contribution in [0, 0.1) is 0 Å². The van der Waals surface area contributed by atoms with Gasteiger partial charge >= 0.3 is 0 Å². The van der Waals surface area contributed by atoms with Gasteiger partial charge in [-0.3, -0.25) is 9.48 Å². The molecule has 7 heteroatoms. The van der Waals surface area contributed by atoms with Crippen molar-refractivity contribution < 1.29 is 13.6 Å². The van der Waals surface area contributed by atoms with Crippen molar-refractivity contribution in [1.82, 2.24) is 15.1 Å². The molecule has 1 amide bonds. The molecule has 0 saturated heterocycles. The molecule has 0 aliphatic rings. The van der Waals surface area contributed by atoms with Crippen molar-refractivity contribution in [3.63, 3.8) is 0 Å². The van der Waals surface area contributed by atoms with Gasteiger partial charge in [0.25, 0.3) is 6.43 Å². The number of hydrogen-bond acceptors (Lipinski definition) is 3. The molecule has 0 aliphatic carbocycles. The van der Waals surface area contributed by atoms with Crippen molar-refractivity contribution >= 4 is 18.5 Å². The topological polar surface area (TPSA) is 46.9 Å². The molecule has 4 nitrogen and oxygen atoms in total. The number of thiol groups is 1. The Bertz CT molecular complexity index is 343. The maximum absolute atomic E-state index is 12.0. The van der Waals surface area contributed by atoms with Gasteiger partial charge in [0.1, 0.15) is 6.54 Å². The molecule has 0 saturated carbocycles. The molecule has 0 atom stereocenters. The van der Waals surface area contributed by atoms with Crippen LogP contribution in [0.4, 0.5) is 8.78 Å². The number of nitrogens with one attached hydrogen (secondary N) is 1. The van der Waals surface area contributed by atoms with Gasteiger partial charge in [0.2, 0.25) is 5.91 Å². The van der Waals surface area contributed by atoms with Gasteiger partial charge < -0.3 is 5.32 Å². The number of alkyl halides is 2. The average Bonchev–Trinajstić information content (AvgIpc) is 2.62. The first kappa shape index (κ1) is 13.0. The lowest BCUT2D eigenvalue weighted by molar-refractivity contribution is -0.120. The molecule has 1 N–H and O–H groups in total. The highest BCUT2D eigenvalue weighted by Crippen LogP contribution is 2.00. The molecule has 0 fully saturated rings. The van der Waals surface area contributed by atoms with Gasteiger partial charge in [-0.05, 0) is 11.8 Å². The molecule has 16 heavy (non-hydrogen) atoms. The summed E-state index contributed by atoms with van der Waals surface area (Å²) in [6, 6.07) is 1.60. The number of halogens is 2. The van der Waals surface area contributed by atoms with Gasteiger partial charge in [0, 0.05) is 12.6 Å². The van der Waals surface area contributed by atoms with Crippen LogP contribution in [0.25, 0.3) is 0 Å². The molecule has 0 unspecified atom stereocenters. The fraction of sp³-hybridized carbons (Fsp3) is 0.556. The smallest absolute Gasteiger partial charge is 0.257 e. The summed E-state index contributed by atoms with van der Waals surface area (Å²) in [5.41, 5.74) is 0.563. The van der Waals surface area contributed by atoms with E-state index in [0.29, 0.717) is 17.9 Å².